The monoisotopic (exact) mass is 421 g/mol. The smallest absolute Gasteiger partial charge is 0.416 e. The number of unbranched alkanes of at least 4 members (excludes halogenated alkanes) is 3. The summed E-state index contributed by atoms with van der Waals surface area (Å²) in [5, 5.41) is 12.3. The second-order valence-corrected chi connectivity index (χ2v) is 7.98. The number of aliphatic hydroxyl groups is 1. The van der Waals surface area contributed by atoms with Crippen molar-refractivity contribution in [3.05, 3.63) is 65.2 Å². The van der Waals surface area contributed by atoms with Crippen molar-refractivity contribution in [1.29, 1.82) is 0 Å². The predicted molar refractivity (Wildman–Crippen MR) is 112 cm³/mol. The van der Waals surface area contributed by atoms with E-state index in [2.05, 4.69) is 17.4 Å². The van der Waals surface area contributed by atoms with Crippen LogP contribution in [0.2, 0.25) is 0 Å². The zero-order chi connectivity index (χ0) is 21.4. The average molecular weight is 422 g/mol. The van der Waals surface area contributed by atoms with Crippen molar-refractivity contribution in [3.63, 3.8) is 0 Å². The molecule has 1 aliphatic rings. The number of hydrogen-bond acceptors (Lipinski definition) is 3. The highest BCUT2D eigenvalue weighted by Gasteiger charge is 2.34. The highest BCUT2D eigenvalue weighted by Crippen LogP contribution is 2.35. The summed E-state index contributed by atoms with van der Waals surface area (Å²) in [5.41, 5.74) is 1.03. The van der Waals surface area contributed by atoms with Gasteiger partial charge in [0.25, 0.3) is 0 Å². The third-order valence-corrected chi connectivity index (χ3v) is 5.60. The van der Waals surface area contributed by atoms with E-state index >= 15 is 0 Å². The van der Waals surface area contributed by atoms with Crippen LogP contribution in [-0.4, -0.2) is 30.4 Å². The average Bonchev–Trinajstić information content (AvgIpc) is 3.19. The van der Waals surface area contributed by atoms with Gasteiger partial charge in [-0.25, -0.2) is 0 Å². The lowest BCUT2D eigenvalue weighted by Gasteiger charge is -2.17. The Kier molecular flexibility index (Phi) is 8.16. The number of ether oxygens (including phenoxy) is 1. The van der Waals surface area contributed by atoms with E-state index in [9.17, 15) is 13.2 Å². The Hall–Kier alpha value is -2.05. The molecule has 30 heavy (non-hydrogen) atoms. The van der Waals surface area contributed by atoms with Crippen LogP contribution in [0.1, 0.15) is 48.8 Å². The van der Waals surface area contributed by atoms with E-state index in [4.69, 9.17) is 9.84 Å². The van der Waals surface area contributed by atoms with Gasteiger partial charge in [0.2, 0.25) is 0 Å². The first-order chi connectivity index (χ1) is 14.5. The van der Waals surface area contributed by atoms with Crippen molar-refractivity contribution in [2.24, 2.45) is 0 Å². The van der Waals surface area contributed by atoms with Gasteiger partial charge in [0, 0.05) is 19.0 Å². The van der Waals surface area contributed by atoms with Gasteiger partial charge < -0.3 is 15.2 Å². The first-order valence-corrected chi connectivity index (χ1v) is 10.7. The zero-order valence-corrected chi connectivity index (χ0v) is 17.1. The molecular weight excluding hydrogens is 391 g/mol. The lowest BCUT2D eigenvalue weighted by Crippen LogP contribution is -2.25. The van der Waals surface area contributed by atoms with Crippen LogP contribution in [0.15, 0.2) is 48.5 Å². The first-order valence-electron chi connectivity index (χ1n) is 10.7. The molecule has 1 heterocycles. The summed E-state index contributed by atoms with van der Waals surface area (Å²) in [6.07, 6.45) is 1.10. The molecule has 2 atom stereocenters. The van der Waals surface area contributed by atoms with Gasteiger partial charge in [0.15, 0.2) is 0 Å². The van der Waals surface area contributed by atoms with Gasteiger partial charge in [0.1, 0.15) is 11.9 Å². The Morgan fingerprint density at radius 2 is 1.70 bits per heavy atom. The molecule has 0 amide bonds. The van der Waals surface area contributed by atoms with Crippen molar-refractivity contribution in [2.45, 2.75) is 63.3 Å². The molecule has 0 aliphatic carbocycles. The van der Waals surface area contributed by atoms with Crippen LogP contribution < -0.4 is 10.1 Å². The van der Waals surface area contributed by atoms with Crippen molar-refractivity contribution in [3.8, 4) is 5.75 Å². The van der Waals surface area contributed by atoms with Gasteiger partial charge in [-0.2, -0.15) is 13.2 Å². The number of nitrogens with one attached hydrogen (secondary N) is 1. The Morgan fingerprint density at radius 1 is 0.967 bits per heavy atom. The molecule has 2 aromatic rings. The normalized spacial score (nSPS) is 19.2. The van der Waals surface area contributed by atoms with Crippen LogP contribution in [-0.2, 0) is 19.0 Å². The third kappa shape index (κ3) is 6.74. The highest BCUT2D eigenvalue weighted by molar-refractivity contribution is 5.38. The Balaban J connectivity index is 1.50. The summed E-state index contributed by atoms with van der Waals surface area (Å²) in [5.74, 6) is 0.235. The molecule has 3 rings (SSSR count). The van der Waals surface area contributed by atoms with Gasteiger partial charge in [-0.15, -0.1) is 0 Å². The van der Waals surface area contributed by atoms with Crippen molar-refractivity contribution in [2.75, 3.05) is 13.2 Å². The lowest BCUT2D eigenvalue weighted by molar-refractivity contribution is -0.138. The maximum absolute atomic E-state index is 13.6. The van der Waals surface area contributed by atoms with Gasteiger partial charge in [-0.3, -0.25) is 0 Å². The van der Waals surface area contributed by atoms with Crippen molar-refractivity contribution in [1.82, 2.24) is 5.32 Å². The molecule has 164 valence electrons. The molecule has 0 bridgehead atoms. The fourth-order valence-electron chi connectivity index (χ4n) is 3.96. The van der Waals surface area contributed by atoms with Crippen molar-refractivity contribution >= 4 is 0 Å². The summed E-state index contributed by atoms with van der Waals surface area (Å²) >= 11 is 0. The molecule has 2 aromatic carbocycles. The topological polar surface area (TPSA) is 41.5 Å². The summed E-state index contributed by atoms with van der Waals surface area (Å²) in [6, 6.07) is 14.5. The summed E-state index contributed by atoms with van der Waals surface area (Å²) in [4.78, 5) is 0. The van der Waals surface area contributed by atoms with Gasteiger partial charge in [-0.05, 0) is 48.9 Å². The standard InChI is InChI=1S/C24H30F3NO2/c25-24(26,27)23-15-21(30-22-14-20(17-29)28-16-22)13-12-19(23)11-7-2-1-4-8-18-9-5-3-6-10-18/h3,5-6,9-10,12-13,15,20,22,28-29H,1-2,4,7-8,11,14,16-17H2/t20-,22-/m1/s1. The zero-order valence-electron chi connectivity index (χ0n) is 17.1. The number of aliphatic hydroxyl groups excluding tert-OH is 1. The van der Waals surface area contributed by atoms with Crippen molar-refractivity contribution < 1.29 is 23.0 Å². The van der Waals surface area contributed by atoms with Crippen LogP contribution in [0.5, 0.6) is 5.75 Å². The lowest BCUT2D eigenvalue weighted by atomic mass is 9.99. The molecule has 0 saturated carbocycles. The fraction of sp³-hybridized carbons (Fsp3) is 0.500. The second-order valence-electron chi connectivity index (χ2n) is 7.98. The van der Waals surface area contributed by atoms with Crippen LogP contribution in [0, 0.1) is 0 Å². The molecule has 0 aromatic heterocycles. The fourth-order valence-corrected chi connectivity index (χ4v) is 3.96. The van der Waals surface area contributed by atoms with E-state index in [1.807, 2.05) is 18.2 Å². The quantitative estimate of drug-likeness (QED) is 0.521. The van der Waals surface area contributed by atoms with E-state index in [1.54, 1.807) is 12.1 Å². The van der Waals surface area contributed by atoms with Gasteiger partial charge in [0.05, 0.1) is 12.2 Å². The number of rotatable bonds is 10. The minimum absolute atomic E-state index is 0.00204. The Labute approximate surface area is 176 Å². The number of aryl methyl sites for hydroxylation is 2. The summed E-state index contributed by atoms with van der Waals surface area (Å²) in [6.45, 7) is 0.523. The highest BCUT2D eigenvalue weighted by atomic mass is 19.4. The van der Waals surface area contributed by atoms with E-state index in [-0.39, 0.29) is 24.5 Å². The second kappa shape index (κ2) is 10.8. The maximum Gasteiger partial charge on any atom is 0.416 e. The molecular formula is C24H30F3NO2. The molecule has 1 aliphatic heterocycles. The van der Waals surface area contributed by atoms with E-state index in [0.29, 0.717) is 24.9 Å². The predicted octanol–water partition coefficient (Wildman–Crippen LogP) is 5.15. The van der Waals surface area contributed by atoms with Crippen LogP contribution >= 0.6 is 0 Å². The molecule has 2 N–H and O–H groups in total. The largest absolute Gasteiger partial charge is 0.489 e. The third-order valence-electron chi connectivity index (χ3n) is 5.60. The van der Waals surface area contributed by atoms with Crippen LogP contribution in [0.4, 0.5) is 13.2 Å². The Morgan fingerprint density at radius 3 is 2.37 bits per heavy atom. The van der Waals surface area contributed by atoms with E-state index in [0.717, 1.165) is 38.2 Å². The van der Waals surface area contributed by atoms with Crippen LogP contribution in [0.3, 0.4) is 0 Å². The Bertz CT molecular complexity index is 780. The van der Waals surface area contributed by atoms with E-state index in [1.165, 1.54) is 5.56 Å². The van der Waals surface area contributed by atoms with Crippen LogP contribution in [0.25, 0.3) is 0 Å². The first kappa shape index (κ1) is 22.6. The molecule has 1 fully saturated rings. The molecule has 6 heteroatoms. The number of hydrogen-bond donors (Lipinski definition) is 2. The van der Waals surface area contributed by atoms with Gasteiger partial charge >= 0.3 is 6.18 Å². The molecule has 0 radical (unpaired) electrons. The SMILES string of the molecule is OC[C@H]1C[C@@H](Oc2ccc(CCCCCCc3ccccc3)c(C(F)(F)F)c2)CN1. The number of benzene rings is 2. The van der Waals surface area contributed by atoms with E-state index < -0.39 is 11.7 Å². The minimum atomic E-state index is -4.40. The number of alkyl halides is 3. The summed E-state index contributed by atoms with van der Waals surface area (Å²) < 4.78 is 46.5. The number of halogens is 3. The molecule has 3 nitrogen and oxygen atoms in total. The van der Waals surface area contributed by atoms with Gasteiger partial charge in [-0.1, -0.05) is 49.2 Å². The summed E-state index contributed by atoms with van der Waals surface area (Å²) in [7, 11) is 0. The minimum Gasteiger partial charge on any atom is -0.489 e. The molecule has 1 saturated heterocycles. The molecule has 0 unspecified atom stereocenters. The maximum atomic E-state index is 13.6. The molecule has 0 spiro atoms.